The number of carbonyl (C=O) groups is 2. The molecule has 0 bridgehead atoms. The van der Waals surface area contributed by atoms with Crippen LogP contribution in [0.15, 0.2) is 48.8 Å². The minimum absolute atomic E-state index is 0.00857. The molecule has 2 heterocycles. The number of likely N-dealkylation sites (tertiary alicyclic amines) is 1. The van der Waals surface area contributed by atoms with Crippen molar-refractivity contribution in [3.63, 3.8) is 0 Å². The van der Waals surface area contributed by atoms with E-state index in [1.54, 1.807) is 4.90 Å². The summed E-state index contributed by atoms with van der Waals surface area (Å²) >= 11 is 0. The van der Waals surface area contributed by atoms with Gasteiger partial charge in [0.1, 0.15) is 11.6 Å². The summed E-state index contributed by atoms with van der Waals surface area (Å²) in [7, 11) is 0. The fourth-order valence-electron chi connectivity index (χ4n) is 6.58. The van der Waals surface area contributed by atoms with Gasteiger partial charge < -0.3 is 9.67 Å². The number of halogens is 6. The molecule has 2 aromatic carbocycles. The normalized spacial score (nSPS) is 24.2. The molecule has 46 heavy (non-hydrogen) atoms. The van der Waals surface area contributed by atoms with Crippen LogP contribution < -0.4 is 5.32 Å². The summed E-state index contributed by atoms with van der Waals surface area (Å²) in [6.07, 6.45) is -0.266. The van der Waals surface area contributed by atoms with Gasteiger partial charge in [-0.15, -0.1) is 0 Å². The number of hydrogen-bond donors (Lipinski definition) is 2. The Balaban J connectivity index is 1.43. The van der Waals surface area contributed by atoms with Crippen molar-refractivity contribution in [3.05, 3.63) is 82.7 Å². The first-order valence-electron chi connectivity index (χ1n) is 15.1. The van der Waals surface area contributed by atoms with Crippen molar-refractivity contribution >= 4 is 17.8 Å². The zero-order valence-electron chi connectivity index (χ0n) is 25.7. The van der Waals surface area contributed by atoms with Gasteiger partial charge >= 0.3 is 12.1 Å². The van der Waals surface area contributed by atoms with E-state index in [2.05, 4.69) is 10.3 Å². The van der Waals surface area contributed by atoms with E-state index in [1.165, 1.54) is 23.0 Å². The standard InChI is InChI=1S/C33H36F6N4O3/c1-31(2,3)43-17-26(24-11-10-23(34)15-27(24)35)32(36,18-43)29(46)41-30-40-12-13-42(30)16-21-8-9-22(33(37,38)39)14-25(21)19-4-6-20(7-5-19)28(44)45/h8-15,19-20,26H,4-7,16-18H2,1-3H3,(H,44,45)(H,40,41,46)/t19?,20?,26-,32-/m0/s1. The Morgan fingerprint density at radius 1 is 1.02 bits per heavy atom. The Bertz CT molecular complexity index is 1610. The number of aromatic nitrogens is 2. The van der Waals surface area contributed by atoms with E-state index in [-0.39, 0.29) is 37.1 Å². The molecule has 1 aliphatic heterocycles. The van der Waals surface area contributed by atoms with E-state index in [9.17, 15) is 36.6 Å². The number of anilines is 1. The average Bonchev–Trinajstić information content (AvgIpc) is 3.57. The third kappa shape index (κ3) is 6.79. The van der Waals surface area contributed by atoms with Crippen LogP contribution in [0.1, 0.15) is 80.5 Å². The Kier molecular flexibility index (Phi) is 9.02. The molecule has 1 saturated heterocycles. The van der Waals surface area contributed by atoms with Crippen molar-refractivity contribution in [2.45, 2.75) is 82.2 Å². The molecule has 2 N–H and O–H groups in total. The number of rotatable bonds is 7. The molecule has 2 aliphatic rings. The monoisotopic (exact) mass is 650 g/mol. The highest BCUT2D eigenvalue weighted by Gasteiger charge is 2.56. The summed E-state index contributed by atoms with van der Waals surface area (Å²) in [5.74, 6) is -6.00. The van der Waals surface area contributed by atoms with Gasteiger partial charge in [-0.3, -0.25) is 19.8 Å². The Labute approximate surface area is 262 Å². The molecule has 2 atom stereocenters. The average molecular weight is 651 g/mol. The molecular weight excluding hydrogens is 614 g/mol. The third-order valence-corrected chi connectivity index (χ3v) is 9.31. The smallest absolute Gasteiger partial charge is 0.416 e. The number of benzene rings is 2. The lowest BCUT2D eigenvalue weighted by atomic mass is 9.77. The van der Waals surface area contributed by atoms with E-state index in [4.69, 9.17) is 0 Å². The Hall–Kier alpha value is -3.87. The molecule has 0 unspecified atom stereocenters. The molecule has 248 valence electrons. The number of nitrogens with one attached hydrogen (secondary N) is 1. The van der Waals surface area contributed by atoms with E-state index in [1.807, 2.05) is 20.8 Å². The highest BCUT2D eigenvalue weighted by Crippen LogP contribution is 2.44. The quantitative estimate of drug-likeness (QED) is 0.266. The molecule has 5 rings (SSSR count). The Morgan fingerprint density at radius 2 is 1.72 bits per heavy atom. The van der Waals surface area contributed by atoms with E-state index >= 15 is 4.39 Å². The van der Waals surface area contributed by atoms with Gasteiger partial charge in [-0.1, -0.05) is 12.1 Å². The predicted molar refractivity (Wildman–Crippen MR) is 158 cm³/mol. The maximum atomic E-state index is 16.9. The molecule has 1 aromatic heterocycles. The van der Waals surface area contributed by atoms with Gasteiger partial charge in [-0.2, -0.15) is 13.2 Å². The van der Waals surface area contributed by atoms with Gasteiger partial charge in [0, 0.05) is 43.0 Å². The van der Waals surface area contributed by atoms with Crippen molar-refractivity contribution in [1.82, 2.24) is 14.5 Å². The van der Waals surface area contributed by atoms with Gasteiger partial charge in [0.2, 0.25) is 11.6 Å². The van der Waals surface area contributed by atoms with Crippen LogP contribution in [0.25, 0.3) is 0 Å². The second-order valence-electron chi connectivity index (χ2n) is 13.3. The van der Waals surface area contributed by atoms with Crippen LogP contribution >= 0.6 is 0 Å². The van der Waals surface area contributed by atoms with E-state index in [0.717, 1.165) is 24.3 Å². The van der Waals surface area contributed by atoms with Gasteiger partial charge in [0.15, 0.2) is 0 Å². The molecule has 2 fully saturated rings. The number of nitrogens with zero attached hydrogens (tertiary/aromatic N) is 3. The minimum Gasteiger partial charge on any atom is -0.481 e. The molecule has 7 nitrogen and oxygen atoms in total. The second-order valence-corrected chi connectivity index (χ2v) is 13.3. The van der Waals surface area contributed by atoms with Crippen molar-refractivity contribution in [2.75, 3.05) is 18.4 Å². The number of imidazole rings is 1. The van der Waals surface area contributed by atoms with Crippen LogP contribution in [0.2, 0.25) is 0 Å². The summed E-state index contributed by atoms with van der Waals surface area (Å²) in [5.41, 5.74) is -3.24. The molecule has 1 aliphatic carbocycles. The van der Waals surface area contributed by atoms with Gasteiger partial charge in [0.25, 0.3) is 5.91 Å². The maximum Gasteiger partial charge on any atom is 0.416 e. The number of aliphatic carboxylic acids is 1. The predicted octanol–water partition coefficient (Wildman–Crippen LogP) is 7.13. The molecular formula is C33H36F6N4O3. The number of carboxylic acid groups (broad SMARTS) is 1. The lowest BCUT2D eigenvalue weighted by Gasteiger charge is -2.32. The Morgan fingerprint density at radius 3 is 2.33 bits per heavy atom. The largest absolute Gasteiger partial charge is 0.481 e. The van der Waals surface area contributed by atoms with E-state index in [0.29, 0.717) is 42.9 Å². The summed E-state index contributed by atoms with van der Waals surface area (Å²) in [6.45, 7) is 5.10. The van der Waals surface area contributed by atoms with Gasteiger partial charge in [-0.05, 0) is 87.3 Å². The number of alkyl halides is 4. The molecule has 1 amide bonds. The zero-order valence-corrected chi connectivity index (χ0v) is 25.7. The van der Waals surface area contributed by atoms with Crippen LogP contribution in [0.5, 0.6) is 0 Å². The van der Waals surface area contributed by atoms with Crippen molar-refractivity contribution in [3.8, 4) is 0 Å². The first-order valence-corrected chi connectivity index (χ1v) is 15.1. The SMILES string of the molecule is CC(C)(C)N1C[C@@H](c2ccc(F)cc2F)[C@](F)(C(=O)Nc2nccn2Cc2ccc(C(F)(F)F)cc2C2CCC(C(=O)O)CC2)C1. The summed E-state index contributed by atoms with van der Waals surface area (Å²) in [6, 6.07) is 6.22. The molecule has 0 spiro atoms. The third-order valence-electron chi connectivity index (χ3n) is 9.31. The second kappa shape index (κ2) is 12.4. The summed E-state index contributed by atoms with van der Waals surface area (Å²) in [5, 5.41) is 11.9. The molecule has 3 aromatic rings. The topological polar surface area (TPSA) is 87.5 Å². The number of hydrogen-bond acceptors (Lipinski definition) is 4. The fraction of sp³-hybridized carbons (Fsp3) is 0.485. The lowest BCUT2D eigenvalue weighted by Crippen LogP contribution is -2.47. The van der Waals surface area contributed by atoms with Crippen LogP contribution in [0.4, 0.5) is 32.3 Å². The van der Waals surface area contributed by atoms with Crippen LogP contribution in [-0.4, -0.2) is 55.7 Å². The van der Waals surface area contributed by atoms with Gasteiger partial charge in [-0.25, -0.2) is 18.2 Å². The van der Waals surface area contributed by atoms with Crippen LogP contribution in [0, 0.1) is 17.6 Å². The molecule has 13 heteroatoms. The number of carboxylic acids is 1. The number of amides is 1. The van der Waals surface area contributed by atoms with Crippen molar-refractivity contribution in [2.24, 2.45) is 5.92 Å². The molecule has 1 saturated carbocycles. The number of carbonyl (C=O) groups excluding carboxylic acids is 1. The fourth-order valence-corrected chi connectivity index (χ4v) is 6.58. The minimum atomic E-state index is -4.59. The summed E-state index contributed by atoms with van der Waals surface area (Å²) in [4.78, 5) is 31.0. The summed E-state index contributed by atoms with van der Waals surface area (Å²) < 4.78 is 88.0. The van der Waals surface area contributed by atoms with E-state index < -0.39 is 58.3 Å². The highest BCUT2D eigenvalue weighted by molar-refractivity contribution is 5.97. The molecule has 0 radical (unpaired) electrons. The van der Waals surface area contributed by atoms with Crippen LogP contribution in [0.3, 0.4) is 0 Å². The highest BCUT2D eigenvalue weighted by atomic mass is 19.4. The van der Waals surface area contributed by atoms with Crippen LogP contribution in [-0.2, 0) is 22.3 Å². The van der Waals surface area contributed by atoms with Crippen molar-refractivity contribution in [1.29, 1.82) is 0 Å². The van der Waals surface area contributed by atoms with Crippen molar-refractivity contribution < 1.29 is 41.0 Å². The first kappa shape index (κ1) is 33.5. The first-order chi connectivity index (χ1) is 21.5. The lowest BCUT2D eigenvalue weighted by molar-refractivity contribution is -0.142. The van der Waals surface area contributed by atoms with Gasteiger partial charge in [0.05, 0.1) is 18.0 Å². The maximum absolute atomic E-state index is 16.9. The zero-order chi connectivity index (χ0) is 33.6.